The van der Waals surface area contributed by atoms with Crippen molar-refractivity contribution in [2.45, 2.75) is 6.42 Å². The van der Waals surface area contributed by atoms with Gasteiger partial charge in [0.1, 0.15) is 0 Å². The van der Waals surface area contributed by atoms with Crippen LogP contribution in [0.25, 0.3) is 0 Å². The van der Waals surface area contributed by atoms with Gasteiger partial charge in [-0.25, -0.2) is 0 Å². The third-order valence-corrected chi connectivity index (χ3v) is 0.964. The van der Waals surface area contributed by atoms with Gasteiger partial charge in [0.2, 0.25) is 0 Å². The van der Waals surface area contributed by atoms with Crippen LogP contribution in [0.4, 0.5) is 0 Å². The summed E-state index contributed by atoms with van der Waals surface area (Å²) >= 11 is 3.17. The fraction of sp³-hybridized carbons (Fsp3) is 0.750. The minimum Gasteiger partial charge on any atom is -0.484 e. The Balaban J connectivity index is 0. The minimum absolute atomic E-state index is 0. The van der Waals surface area contributed by atoms with E-state index in [1.807, 2.05) is 0 Å². The molecule has 0 aliphatic carbocycles. The SMILES string of the molecule is COC(=N)CCBr.Cl. The number of ether oxygens (including phenoxy) is 1. The lowest BCUT2D eigenvalue weighted by atomic mass is 10.5. The van der Waals surface area contributed by atoms with Crippen LogP contribution in [-0.2, 0) is 4.74 Å². The third-order valence-electron chi connectivity index (χ3n) is 0.568. The molecule has 0 atom stereocenters. The number of alkyl halides is 1. The number of hydrogen-bond acceptors (Lipinski definition) is 2. The summed E-state index contributed by atoms with van der Waals surface area (Å²) in [5, 5.41) is 7.69. The van der Waals surface area contributed by atoms with Gasteiger partial charge in [-0.15, -0.1) is 12.4 Å². The highest BCUT2D eigenvalue weighted by Crippen LogP contribution is 1.88. The molecule has 0 amide bonds. The first-order valence-corrected chi connectivity index (χ1v) is 3.10. The second kappa shape index (κ2) is 7.24. The molecule has 0 saturated heterocycles. The molecule has 0 heterocycles. The molecule has 0 aromatic carbocycles. The van der Waals surface area contributed by atoms with Gasteiger partial charge in [0.05, 0.1) is 7.11 Å². The molecule has 0 aliphatic rings. The Morgan fingerprint density at radius 3 is 2.38 bits per heavy atom. The highest BCUT2D eigenvalue weighted by Gasteiger charge is 1.88. The van der Waals surface area contributed by atoms with Gasteiger partial charge in [-0.1, -0.05) is 15.9 Å². The molecule has 0 radical (unpaired) electrons. The van der Waals surface area contributed by atoms with Gasteiger partial charge in [0, 0.05) is 11.8 Å². The smallest absolute Gasteiger partial charge is 0.180 e. The van der Waals surface area contributed by atoms with E-state index in [0.29, 0.717) is 12.3 Å². The molecule has 0 spiro atoms. The van der Waals surface area contributed by atoms with Gasteiger partial charge in [0.25, 0.3) is 0 Å². The molecule has 0 unspecified atom stereocenters. The lowest BCUT2D eigenvalue weighted by Crippen LogP contribution is -1.97. The molecule has 0 rings (SSSR count). The van der Waals surface area contributed by atoms with Crippen LogP contribution in [0.1, 0.15) is 6.42 Å². The standard InChI is InChI=1S/C4H8BrNO.ClH/c1-7-4(6)2-3-5;/h6H,2-3H2,1H3;1H. The van der Waals surface area contributed by atoms with Crippen molar-refractivity contribution in [2.75, 3.05) is 12.4 Å². The Kier molecular flexibility index (Phi) is 10.0. The summed E-state index contributed by atoms with van der Waals surface area (Å²) in [7, 11) is 1.50. The van der Waals surface area contributed by atoms with Crippen LogP contribution in [0.3, 0.4) is 0 Å². The maximum atomic E-state index is 6.89. The van der Waals surface area contributed by atoms with Crippen molar-refractivity contribution in [1.29, 1.82) is 5.41 Å². The summed E-state index contributed by atoms with van der Waals surface area (Å²) in [5.41, 5.74) is 0. The maximum Gasteiger partial charge on any atom is 0.180 e. The Morgan fingerprint density at radius 1 is 1.75 bits per heavy atom. The van der Waals surface area contributed by atoms with Crippen molar-refractivity contribution < 1.29 is 4.74 Å². The van der Waals surface area contributed by atoms with E-state index < -0.39 is 0 Å². The molecular formula is C4H9BrClNO. The van der Waals surface area contributed by atoms with Gasteiger partial charge in [-0.3, -0.25) is 5.41 Å². The average molecular weight is 202 g/mol. The van der Waals surface area contributed by atoms with Gasteiger partial charge < -0.3 is 4.74 Å². The van der Waals surface area contributed by atoms with Crippen molar-refractivity contribution in [3.63, 3.8) is 0 Å². The summed E-state index contributed by atoms with van der Waals surface area (Å²) in [6.07, 6.45) is 0.677. The lowest BCUT2D eigenvalue weighted by molar-refractivity contribution is 0.389. The van der Waals surface area contributed by atoms with E-state index in [0.717, 1.165) is 5.33 Å². The lowest BCUT2D eigenvalue weighted by Gasteiger charge is -1.94. The van der Waals surface area contributed by atoms with Crippen LogP contribution in [0.15, 0.2) is 0 Å². The second-order valence-electron chi connectivity index (χ2n) is 1.07. The molecule has 1 N–H and O–H groups in total. The Morgan fingerprint density at radius 2 is 2.25 bits per heavy atom. The van der Waals surface area contributed by atoms with Crippen LogP contribution in [0.5, 0.6) is 0 Å². The van der Waals surface area contributed by atoms with Crippen molar-refractivity contribution in [1.82, 2.24) is 0 Å². The summed E-state index contributed by atoms with van der Waals surface area (Å²) in [6.45, 7) is 0. The molecule has 0 fully saturated rings. The van der Waals surface area contributed by atoms with E-state index in [1.165, 1.54) is 7.11 Å². The maximum absolute atomic E-state index is 6.89. The molecule has 50 valence electrons. The number of nitrogens with one attached hydrogen (secondary N) is 1. The summed E-state index contributed by atoms with van der Waals surface area (Å²) < 4.78 is 4.54. The van der Waals surface area contributed by atoms with Gasteiger partial charge in [-0.05, 0) is 0 Å². The first kappa shape index (κ1) is 11.1. The predicted molar refractivity (Wildman–Crippen MR) is 40.4 cm³/mol. The topological polar surface area (TPSA) is 33.1 Å². The zero-order chi connectivity index (χ0) is 5.70. The van der Waals surface area contributed by atoms with Crippen LogP contribution >= 0.6 is 28.3 Å². The van der Waals surface area contributed by atoms with E-state index in [1.54, 1.807) is 0 Å². The molecule has 0 aromatic rings. The fourth-order valence-corrected chi connectivity index (χ4v) is 0.548. The van der Waals surface area contributed by atoms with E-state index in [-0.39, 0.29) is 12.4 Å². The zero-order valence-corrected chi connectivity index (χ0v) is 7.01. The van der Waals surface area contributed by atoms with E-state index in [2.05, 4.69) is 20.7 Å². The average Bonchev–Trinajstić information content (AvgIpc) is 1.68. The number of halogens is 2. The zero-order valence-electron chi connectivity index (χ0n) is 4.61. The van der Waals surface area contributed by atoms with Crippen molar-refractivity contribution in [3.8, 4) is 0 Å². The largest absolute Gasteiger partial charge is 0.484 e. The van der Waals surface area contributed by atoms with Crippen molar-refractivity contribution >= 4 is 34.2 Å². The van der Waals surface area contributed by atoms with Crippen LogP contribution in [0.2, 0.25) is 0 Å². The van der Waals surface area contributed by atoms with Crippen LogP contribution in [-0.4, -0.2) is 18.3 Å². The van der Waals surface area contributed by atoms with Gasteiger partial charge >= 0.3 is 0 Å². The van der Waals surface area contributed by atoms with E-state index in [4.69, 9.17) is 5.41 Å². The fourth-order valence-electron chi connectivity index (χ4n) is 0.188. The quantitative estimate of drug-likeness (QED) is 0.414. The molecule has 0 bridgehead atoms. The third kappa shape index (κ3) is 6.24. The van der Waals surface area contributed by atoms with E-state index in [9.17, 15) is 0 Å². The second-order valence-corrected chi connectivity index (χ2v) is 1.86. The monoisotopic (exact) mass is 201 g/mol. The number of hydrogen-bond donors (Lipinski definition) is 1. The van der Waals surface area contributed by atoms with Crippen molar-refractivity contribution in [3.05, 3.63) is 0 Å². The number of rotatable bonds is 2. The molecule has 0 aromatic heterocycles. The first-order chi connectivity index (χ1) is 3.31. The Bertz CT molecular complexity index is 69.1. The molecular weight excluding hydrogens is 193 g/mol. The molecule has 0 aliphatic heterocycles. The Hall–Kier alpha value is 0.240. The Labute approximate surface area is 63.7 Å². The highest BCUT2D eigenvalue weighted by molar-refractivity contribution is 9.09. The van der Waals surface area contributed by atoms with Crippen LogP contribution < -0.4 is 0 Å². The number of methoxy groups -OCH3 is 1. The minimum atomic E-state index is 0. The highest BCUT2D eigenvalue weighted by atomic mass is 79.9. The normalized spacial score (nSPS) is 7.25. The summed E-state index contributed by atoms with van der Waals surface area (Å²) in [4.78, 5) is 0. The summed E-state index contributed by atoms with van der Waals surface area (Å²) in [5.74, 6) is 0.330. The molecule has 2 nitrogen and oxygen atoms in total. The molecule has 8 heavy (non-hydrogen) atoms. The predicted octanol–water partition coefficient (Wildman–Crippen LogP) is 1.82. The van der Waals surface area contributed by atoms with Gasteiger partial charge in [0.15, 0.2) is 5.90 Å². The first-order valence-electron chi connectivity index (χ1n) is 1.98. The van der Waals surface area contributed by atoms with Crippen molar-refractivity contribution in [2.24, 2.45) is 0 Å². The molecule has 4 heteroatoms. The summed E-state index contributed by atoms with van der Waals surface area (Å²) in [6, 6.07) is 0. The molecule has 0 saturated carbocycles. The van der Waals surface area contributed by atoms with Crippen LogP contribution in [0, 0.1) is 5.41 Å². The van der Waals surface area contributed by atoms with E-state index >= 15 is 0 Å². The van der Waals surface area contributed by atoms with Gasteiger partial charge in [-0.2, -0.15) is 0 Å².